The molecule has 0 spiro atoms. The van der Waals surface area contributed by atoms with Gasteiger partial charge in [0.15, 0.2) is 0 Å². The summed E-state index contributed by atoms with van der Waals surface area (Å²) in [6, 6.07) is 4.42. The summed E-state index contributed by atoms with van der Waals surface area (Å²) in [6.07, 6.45) is 0.515. The lowest BCUT2D eigenvalue weighted by Gasteiger charge is -2.09. The number of hydrogen-bond acceptors (Lipinski definition) is 5. The Kier molecular flexibility index (Phi) is 5.34. The van der Waals surface area contributed by atoms with E-state index >= 15 is 0 Å². The van der Waals surface area contributed by atoms with Crippen LogP contribution in [0, 0.1) is 6.92 Å². The number of sulfonamides is 1. The van der Waals surface area contributed by atoms with Crippen LogP contribution in [-0.4, -0.2) is 25.1 Å². The van der Waals surface area contributed by atoms with Gasteiger partial charge in [-0.2, -0.15) is 0 Å². The summed E-state index contributed by atoms with van der Waals surface area (Å²) in [6.45, 7) is 1.90. The van der Waals surface area contributed by atoms with Crippen LogP contribution < -0.4 is 4.72 Å². The van der Waals surface area contributed by atoms with E-state index in [1.807, 2.05) is 12.3 Å². The van der Waals surface area contributed by atoms with Crippen LogP contribution in [0.15, 0.2) is 28.5 Å². The van der Waals surface area contributed by atoms with Gasteiger partial charge in [-0.05, 0) is 24.6 Å². The maximum Gasteiger partial charge on any atom is 0.242 e. The molecule has 21 heavy (non-hydrogen) atoms. The molecule has 0 atom stereocenters. The fourth-order valence-electron chi connectivity index (χ4n) is 1.77. The van der Waals surface area contributed by atoms with E-state index in [4.69, 9.17) is 16.7 Å². The third-order valence-electron chi connectivity index (χ3n) is 2.81. The van der Waals surface area contributed by atoms with Gasteiger partial charge in [0.25, 0.3) is 0 Å². The Morgan fingerprint density at radius 2 is 2.19 bits per heavy atom. The van der Waals surface area contributed by atoms with E-state index < -0.39 is 10.0 Å². The largest absolute Gasteiger partial charge is 0.392 e. The highest BCUT2D eigenvalue weighted by Gasteiger charge is 2.18. The number of nitrogens with zero attached hydrogens (tertiary/aromatic N) is 1. The van der Waals surface area contributed by atoms with E-state index in [-0.39, 0.29) is 23.1 Å². The van der Waals surface area contributed by atoms with Gasteiger partial charge < -0.3 is 5.11 Å². The molecule has 2 aromatic rings. The zero-order chi connectivity index (χ0) is 15.5. The predicted octanol–water partition coefficient (Wildman–Crippen LogP) is 2.12. The van der Waals surface area contributed by atoms with E-state index in [9.17, 15) is 8.42 Å². The molecule has 1 aromatic carbocycles. The van der Waals surface area contributed by atoms with Gasteiger partial charge >= 0.3 is 0 Å². The predicted molar refractivity (Wildman–Crippen MR) is 83.1 cm³/mol. The molecule has 8 heteroatoms. The van der Waals surface area contributed by atoms with Gasteiger partial charge in [-0.3, -0.25) is 0 Å². The minimum atomic E-state index is -3.70. The van der Waals surface area contributed by atoms with Gasteiger partial charge in [0, 0.05) is 18.3 Å². The van der Waals surface area contributed by atoms with Gasteiger partial charge in [-0.1, -0.05) is 17.7 Å². The van der Waals surface area contributed by atoms with Crippen molar-refractivity contribution in [3.8, 4) is 0 Å². The van der Waals surface area contributed by atoms with Crippen LogP contribution in [0.4, 0.5) is 0 Å². The summed E-state index contributed by atoms with van der Waals surface area (Å²) in [5.41, 5.74) is 1.35. The first-order valence-corrected chi connectivity index (χ1v) is 8.96. The minimum absolute atomic E-state index is 0.0230. The summed E-state index contributed by atoms with van der Waals surface area (Å²) in [5.74, 6) is 0. The molecular formula is C13H15ClN2O3S2. The van der Waals surface area contributed by atoms with Gasteiger partial charge in [0.1, 0.15) is 4.90 Å². The molecule has 1 aromatic heterocycles. The Labute approximate surface area is 132 Å². The third kappa shape index (κ3) is 4.24. The monoisotopic (exact) mass is 346 g/mol. The van der Waals surface area contributed by atoms with Crippen LogP contribution in [0.1, 0.15) is 16.3 Å². The summed E-state index contributed by atoms with van der Waals surface area (Å²) in [5, 5.41) is 12.1. The van der Waals surface area contributed by atoms with Crippen LogP contribution >= 0.6 is 22.9 Å². The molecule has 2 rings (SSSR count). The number of thiazole rings is 1. The van der Waals surface area contributed by atoms with E-state index in [1.165, 1.54) is 23.5 Å². The lowest BCUT2D eigenvalue weighted by Crippen LogP contribution is -2.26. The molecule has 0 radical (unpaired) electrons. The SMILES string of the molecule is Cc1nc(CCNS(=O)(=O)c2cc(CO)ccc2Cl)cs1. The second kappa shape index (κ2) is 6.85. The lowest BCUT2D eigenvalue weighted by molar-refractivity contribution is 0.281. The normalized spacial score (nSPS) is 11.8. The highest BCUT2D eigenvalue weighted by molar-refractivity contribution is 7.89. The maximum atomic E-state index is 12.2. The molecule has 0 unspecified atom stereocenters. The Morgan fingerprint density at radius 1 is 1.43 bits per heavy atom. The molecular weight excluding hydrogens is 332 g/mol. The minimum Gasteiger partial charge on any atom is -0.392 e. The molecule has 114 valence electrons. The molecule has 2 N–H and O–H groups in total. The number of halogens is 1. The van der Waals surface area contributed by atoms with Gasteiger partial charge in [0.05, 0.1) is 22.3 Å². The molecule has 0 saturated heterocycles. The summed E-state index contributed by atoms with van der Waals surface area (Å²) >= 11 is 7.45. The first kappa shape index (κ1) is 16.4. The molecule has 0 bridgehead atoms. The zero-order valence-corrected chi connectivity index (χ0v) is 13.7. The maximum absolute atomic E-state index is 12.2. The Morgan fingerprint density at radius 3 is 2.81 bits per heavy atom. The lowest BCUT2D eigenvalue weighted by atomic mass is 10.2. The number of hydrogen-bond donors (Lipinski definition) is 2. The van der Waals surface area contributed by atoms with E-state index in [0.717, 1.165) is 10.7 Å². The summed E-state index contributed by atoms with van der Waals surface area (Å²) in [4.78, 5) is 4.25. The van der Waals surface area contributed by atoms with Crippen molar-refractivity contribution in [2.24, 2.45) is 0 Å². The number of benzene rings is 1. The number of aryl methyl sites for hydroxylation is 1. The number of aliphatic hydroxyl groups excluding tert-OH is 1. The van der Waals surface area contributed by atoms with Crippen LogP contribution in [0.5, 0.6) is 0 Å². The smallest absolute Gasteiger partial charge is 0.242 e. The number of rotatable bonds is 6. The second-order valence-corrected chi connectivity index (χ2v) is 7.63. The van der Waals surface area contributed by atoms with E-state index in [1.54, 1.807) is 6.07 Å². The van der Waals surface area contributed by atoms with Crippen LogP contribution in [0.2, 0.25) is 5.02 Å². The molecule has 1 heterocycles. The topological polar surface area (TPSA) is 79.3 Å². The quantitative estimate of drug-likeness (QED) is 0.839. The number of nitrogens with one attached hydrogen (secondary N) is 1. The van der Waals surface area contributed by atoms with Crippen LogP contribution in [0.25, 0.3) is 0 Å². The average molecular weight is 347 g/mol. The fraction of sp³-hybridized carbons (Fsp3) is 0.308. The molecule has 0 aliphatic carbocycles. The molecule has 0 aliphatic rings. The zero-order valence-electron chi connectivity index (χ0n) is 11.3. The number of aliphatic hydroxyl groups is 1. The van der Waals surface area contributed by atoms with Crippen LogP contribution in [-0.2, 0) is 23.1 Å². The molecule has 5 nitrogen and oxygen atoms in total. The summed E-state index contributed by atoms with van der Waals surface area (Å²) in [7, 11) is -3.70. The van der Waals surface area contributed by atoms with Crippen molar-refractivity contribution >= 4 is 33.0 Å². The van der Waals surface area contributed by atoms with Crippen molar-refractivity contribution in [3.63, 3.8) is 0 Å². The highest BCUT2D eigenvalue weighted by Crippen LogP contribution is 2.22. The van der Waals surface area contributed by atoms with E-state index in [2.05, 4.69) is 9.71 Å². The third-order valence-corrected chi connectivity index (χ3v) is 5.57. The van der Waals surface area contributed by atoms with Gasteiger partial charge in [-0.15, -0.1) is 11.3 Å². The second-order valence-electron chi connectivity index (χ2n) is 4.43. The van der Waals surface area contributed by atoms with Crippen molar-refractivity contribution in [2.75, 3.05) is 6.54 Å². The van der Waals surface area contributed by atoms with Crippen LogP contribution in [0.3, 0.4) is 0 Å². The van der Waals surface area contributed by atoms with Crippen molar-refractivity contribution in [1.29, 1.82) is 0 Å². The van der Waals surface area contributed by atoms with E-state index in [0.29, 0.717) is 12.0 Å². The molecule has 0 saturated carbocycles. The summed E-state index contributed by atoms with van der Waals surface area (Å²) < 4.78 is 26.9. The Hall–Kier alpha value is -0.990. The standard InChI is InChI=1S/C13H15ClN2O3S2/c1-9-16-11(8-20-9)4-5-15-21(18,19)13-6-10(7-17)2-3-12(13)14/h2-3,6,8,15,17H,4-5,7H2,1H3. The first-order valence-electron chi connectivity index (χ1n) is 6.22. The molecule has 0 aliphatic heterocycles. The van der Waals surface area contributed by atoms with Gasteiger partial charge in [-0.25, -0.2) is 18.1 Å². The van der Waals surface area contributed by atoms with Crippen molar-refractivity contribution in [2.45, 2.75) is 24.8 Å². The average Bonchev–Trinajstić information content (AvgIpc) is 2.84. The van der Waals surface area contributed by atoms with Gasteiger partial charge in [0.2, 0.25) is 10.0 Å². The van der Waals surface area contributed by atoms with Crippen molar-refractivity contribution < 1.29 is 13.5 Å². The highest BCUT2D eigenvalue weighted by atomic mass is 35.5. The Balaban J connectivity index is 2.07. The fourth-order valence-corrected chi connectivity index (χ4v) is 3.99. The van der Waals surface area contributed by atoms with Crippen molar-refractivity contribution in [1.82, 2.24) is 9.71 Å². The molecule has 0 fully saturated rings. The molecule has 0 amide bonds. The number of aromatic nitrogens is 1. The first-order chi connectivity index (χ1) is 9.92. The van der Waals surface area contributed by atoms with Crippen molar-refractivity contribution in [3.05, 3.63) is 44.9 Å². The Bertz CT molecular complexity index is 729.